The van der Waals surface area contributed by atoms with Crippen LogP contribution in [0.15, 0.2) is 12.1 Å². The average molecular weight is 276 g/mol. The number of nitrogens with two attached hydrogens (primary N) is 1. The molecule has 1 aromatic rings. The molecule has 1 saturated carbocycles. The van der Waals surface area contributed by atoms with Crippen molar-refractivity contribution in [3.63, 3.8) is 0 Å². The van der Waals surface area contributed by atoms with E-state index in [-0.39, 0.29) is 0 Å². The van der Waals surface area contributed by atoms with Gasteiger partial charge in [-0.1, -0.05) is 13.8 Å². The van der Waals surface area contributed by atoms with Crippen LogP contribution in [0.4, 0.5) is 5.69 Å². The van der Waals surface area contributed by atoms with Gasteiger partial charge in [0.25, 0.3) is 0 Å². The number of benzene rings is 1. The van der Waals surface area contributed by atoms with Crippen molar-refractivity contribution in [2.24, 2.45) is 5.92 Å². The number of hydrogen-bond acceptors (Lipinski definition) is 4. The third kappa shape index (κ3) is 3.01. The zero-order chi connectivity index (χ0) is 14.1. The lowest BCUT2D eigenvalue weighted by Crippen LogP contribution is -2.30. The molecule has 110 valence electrons. The molecule has 4 nitrogen and oxygen atoms in total. The van der Waals surface area contributed by atoms with Crippen LogP contribution in [-0.2, 0) is 6.54 Å². The van der Waals surface area contributed by atoms with Gasteiger partial charge in [-0.25, -0.2) is 0 Å². The van der Waals surface area contributed by atoms with Crippen molar-refractivity contribution >= 4 is 5.69 Å². The number of anilines is 1. The van der Waals surface area contributed by atoms with Crippen molar-refractivity contribution in [3.8, 4) is 11.5 Å². The molecule has 0 bridgehead atoms. The lowest BCUT2D eigenvalue weighted by atomic mass is 10.1. The van der Waals surface area contributed by atoms with Crippen LogP contribution in [0.25, 0.3) is 0 Å². The maximum Gasteiger partial charge on any atom is 0.163 e. The van der Waals surface area contributed by atoms with E-state index in [4.69, 9.17) is 15.2 Å². The zero-order valence-corrected chi connectivity index (χ0v) is 12.4. The van der Waals surface area contributed by atoms with Crippen molar-refractivity contribution in [2.45, 2.75) is 39.3 Å². The average Bonchev–Trinajstić information content (AvgIpc) is 3.22. The molecule has 1 aromatic carbocycles. The Hall–Kier alpha value is -1.42. The van der Waals surface area contributed by atoms with E-state index in [1.165, 1.54) is 12.8 Å². The summed E-state index contributed by atoms with van der Waals surface area (Å²) >= 11 is 0. The van der Waals surface area contributed by atoms with E-state index in [0.717, 1.165) is 41.9 Å². The monoisotopic (exact) mass is 276 g/mol. The largest absolute Gasteiger partial charge is 0.486 e. The van der Waals surface area contributed by atoms with Gasteiger partial charge in [-0.05, 0) is 30.4 Å². The maximum absolute atomic E-state index is 6.18. The SMILES string of the molecule is CC(C)CN(Cc1cc2c(cc1N)OCCO2)C1CC1. The van der Waals surface area contributed by atoms with Crippen LogP contribution in [0, 0.1) is 5.92 Å². The smallest absolute Gasteiger partial charge is 0.163 e. The van der Waals surface area contributed by atoms with E-state index < -0.39 is 0 Å². The van der Waals surface area contributed by atoms with Gasteiger partial charge in [-0.15, -0.1) is 0 Å². The van der Waals surface area contributed by atoms with Crippen molar-refractivity contribution in [2.75, 3.05) is 25.5 Å². The van der Waals surface area contributed by atoms with Crippen molar-refractivity contribution in [1.29, 1.82) is 0 Å². The fourth-order valence-corrected chi connectivity index (χ4v) is 2.75. The van der Waals surface area contributed by atoms with E-state index in [1.54, 1.807) is 0 Å². The minimum Gasteiger partial charge on any atom is -0.486 e. The third-order valence-electron chi connectivity index (χ3n) is 3.84. The Morgan fingerprint density at radius 1 is 1.20 bits per heavy atom. The number of ether oxygens (including phenoxy) is 2. The minimum atomic E-state index is 0.604. The standard InChI is InChI=1S/C16H24N2O2/c1-11(2)9-18(13-3-4-13)10-12-7-15-16(8-14(12)17)20-6-5-19-15/h7-8,11,13H,3-6,9-10,17H2,1-2H3. The van der Waals surface area contributed by atoms with Crippen LogP contribution >= 0.6 is 0 Å². The Kier molecular flexibility index (Phi) is 3.74. The van der Waals surface area contributed by atoms with Gasteiger partial charge >= 0.3 is 0 Å². The van der Waals surface area contributed by atoms with Crippen LogP contribution < -0.4 is 15.2 Å². The topological polar surface area (TPSA) is 47.7 Å². The van der Waals surface area contributed by atoms with Crippen LogP contribution in [0.1, 0.15) is 32.3 Å². The Labute approximate surface area is 120 Å². The van der Waals surface area contributed by atoms with Crippen LogP contribution in [0.3, 0.4) is 0 Å². The highest BCUT2D eigenvalue weighted by Crippen LogP contribution is 2.36. The molecule has 2 aliphatic rings. The summed E-state index contributed by atoms with van der Waals surface area (Å²) in [6.45, 7) is 7.79. The lowest BCUT2D eigenvalue weighted by molar-refractivity contribution is 0.171. The predicted molar refractivity (Wildman–Crippen MR) is 80.1 cm³/mol. The summed E-state index contributed by atoms with van der Waals surface area (Å²) in [6, 6.07) is 4.70. The van der Waals surface area contributed by atoms with Gasteiger partial charge in [0.15, 0.2) is 11.5 Å². The first-order chi connectivity index (χ1) is 9.63. The molecular weight excluding hydrogens is 252 g/mol. The summed E-state index contributed by atoms with van der Waals surface area (Å²) in [5.41, 5.74) is 8.15. The molecule has 0 amide bonds. The van der Waals surface area contributed by atoms with Crippen molar-refractivity contribution in [3.05, 3.63) is 17.7 Å². The first-order valence-corrected chi connectivity index (χ1v) is 7.55. The second-order valence-corrected chi connectivity index (χ2v) is 6.25. The number of nitrogens with zero attached hydrogens (tertiary/aromatic N) is 1. The predicted octanol–water partition coefficient (Wildman–Crippen LogP) is 2.66. The molecule has 1 aliphatic heterocycles. The summed E-state index contributed by atoms with van der Waals surface area (Å²) in [7, 11) is 0. The van der Waals surface area contributed by atoms with Crippen molar-refractivity contribution in [1.82, 2.24) is 4.90 Å². The molecular formula is C16H24N2O2. The van der Waals surface area contributed by atoms with Gasteiger partial charge < -0.3 is 15.2 Å². The van der Waals surface area contributed by atoms with Gasteiger partial charge in [0, 0.05) is 30.9 Å². The van der Waals surface area contributed by atoms with Crippen molar-refractivity contribution < 1.29 is 9.47 Å². The summed E-state index contributed by atoms with van der Waals surface area (Å²) < 4.78 is 11.2. The molecule has 4 heteroatoms. The van der Waals surface area contributed by atoms with Gasteiger partial charge in [-0.3, -0.25) is 4.90 Å². The van der Waals surface area contributed by atoms with E-state index in [2.05, 4.69) is 24.8 Å². The molecule has 0 saturated heterocycles. The Morgan fingerprint density at radius 2 is 1.85 bits per heavy atom. The van der Waals surface area contributed by atoms with Crippen LogP contribution in [-0.4, -0.2) is 30.7 Å². The highest BCUT2D eigenvalue weighted by molar-refractivity contribution is 5.58. The second-order valence-electron chi connectivity index (χ2n) is 6.25. The molecule has 0 radical (unpaired) electrons. The lowest BCUT2D eigenvalue weighted by Gasteiger charge is -2.26. The molecule has 20 heavy (non-hydrogen) atoms. The van der Waals surface area contributed by atoms with Crippen LogP contribution in [0.2, 0.25) is 0 Å². The molecule has 0 spiro atoms. The molecule has 3 rings (SSSR count). The number of rotatable bonds is 5. The highest BCUT2D eigenvalue weighted by Gasteiger charge is 2.30. The fourth-order valence-electron chi connectivity index (χ4n) is 2.75. The normalized spacial score (nSPS) is 17.8. The van der Waals surface area contributed by atoms with Gasteiger partial charge in [0.1, 0.15) is 13.2 Å². The van der Waals surface area contributed by atoms with E-state index in [1.807, 2.05) is 6.07 Å². The number of hydrogen-bond donors (Lipinski definition) is 1. The minimum absolute atomic E-state index is 0.604. The first-order valence-electron chi connectivity index (χ1n) is 7.55. The molecule has 1 heterocycles. The van der Waals surface area contributed by atoms with E-state index >= 15 is 0 Å². The molecule has 0 aromatic heterocycles. The molecule has 2 N–H and O–H groups in total. The summed E-state index contributed by atoms with van der Waals surface area (Å²) in [5, 5.41) is 0. The summed E-state index contributed by atoms with van der Waals surface area (Å²) in [6.07, 6.45) is 2.63. The van der Waals surface area contributed by atoms with Gasteiger partial charge in [0.2, 0.25) is 0 Å². The highest BCUT2D eigenvalue weighted by atomic mass is 16.6. The van der Waals surface area contributed by atoms with E-state index in [9.17, 15) is 0 Å². The number of fused-ring (bicyclic) bond motifs is 1. The fraction of sp³-hybridized carbons (Fsp3) is 0.625. The summed E-state index contributed by atoms with van der Waals surface area (Å²) in [5.74, 6) is 2.29. The van der Waals surface area contributed by atoms with Crippen LogP contribution in [0.5, 0.6) is 11.5 Å². The first kappa shape index (κ1) is 13.6. The second kappa shape index (κ2) is 5.52. The van der Waals surface area contributed by atoms with Gasteiger partial charge in [-0.2, -0.15) is 0 Å². The molecule has 1 fully saturated rings. The Bertz CT molecular complexity index is 484. The quantitative estimate of drug-likeness (QED) is 0.840. The van der Waals surface area contributed by atoms with E-state index in [0.29, 0.717) is 19.1 Å². The molecule has 0 unspecified atom stereocenters. The maximum atomic E-state index is 6.18. The Morgan fingerprint density at radius 3 is 2.45 bits per heavy atom. The number of nitrogen functional groups attached to an aromatic ring is 1. The Balaban J connectivity index is 1.78. The molecule has 0 atom stereocenters. The van der Waals surface area contributed by atoms with Gasteiger partial charge in [0.05, 0.1) is 0 Å². The summed E-state index contributed by atoms with van der Waals surface area (Å²) in [4.78, 5) is 2.55. The third-order valence-corrected chi connectivity index (χ3v) is 3.84. The molecule has 1 aliphatic carbocycles. The zero-order valence-electron chi connectivity index (χ0n) is 12.4.